The van der Waals surface area contributed by atoms with Crippen molar-refractivity contribution in [3.63, 3.8) is 0 Å². The van der Waals surface area contributed by atoms with Crippen LogP contribution >= 0.6 is 0 Å². The van der Waals surface area contributed by atoms with Gasteiger partial charge in [0.15, 0.2) is 11.5 Å². The third-order valence-electron chi connectivity index (χ3n) is 8.15. The summed E-state index contributed by atoms with van der Waals surface area (Å²) in [5.74, 6) is -3.59. The normalized spacial score (nSPS) is 17.1. The van der Waals surface area contributed by atoms with Crippen LogP contribution in [0.1, 0.15) is 31.2 Å². The van der Waals surface area contributed by atoms with Crippen LogP contribution in [-0.4, -0.2) is 66.5 Å². The molecule has 0 spiro atoms. The van der Waals surface area contributed by atoms with Crippen LogP contribution in [-0.2, 0) is 19.1 Å². The maximum atomic E-state index is 15.9. The zero-order chi connectivity index (χ0) is 32.2. The first kappa shape index (κ1) is 30.5. The Labute approximate surface area is 256 Å². The van der Waals surface area contributed by atoms with Gasteiger partial charge < -0.3 is 9.80 Å². The monoisotopic (exact) mass is 639 g/mol. The van der Waals surface area contributed by atoms with Gasteiger partial charge >= 0.3 is 5.69 Å². The van der Waals surface area contributed by atoms with E-state index >= 15 is 4.39 Å². The molecule has 0 N–H and O–H groups in total. The highest BCUT2D eigenvalue weighted by atomic mass is 32.2. The van der Waals surface area contributed by atoms with E-state index in [1.165, 1.54) is 18.2 Å². The van der Waals surface area contributed by atoms with Gasteiger partial charge in [0.2, 0.25) is 5.91 Å². The highest BCUT2D eigenvalue weighted by molar-refractivity contribution is 7.86. The number of halogens is 3. The summed E-state index contributed by atoms with van der Waals surface area (Å²) in [5, 5.41) is -0.00527. The average Bonchev–Trinajstić information content (AvgIpc) is 3.86. The van der Waals surface area contributed by atoms with E-state index in [1.54, 1.807) is 22.8 Å². The number of benzene rings is 2. The van der Waals surface area contributed by atoms with Crippen molar-refractivity contribution in [1.29, 1.82) is 0 Å². The Morgan fingerprint density at radius 1 is 1.04 bits per heavy atom. The molecule has 2 fully saturated rings. The molecule has 2 aromatic carbocycles. The molecule has 6 rings (SSSR count). The molecule has 1 atom stereocenters. The van der Waals surface area contributed by atoms with Crippen LogP contribution in [0.15, 0.2) is 64.8 Å². The molecule has 14 heteroatoms. The van der Waals surface area contributed by atoms with Gasteiger partial charge in [0.25, 0.3) is 10.1 Å². The first-order chi connectivity index (χ1) is 21.5. The van der Waals surface area contributed by atoms with Crippen LogP contribution in [0.25, 0.3) is 28.0 Å². The first-order valence-corrected chi connectivity index (χ1v) is 15.6. The third-order valence-corrected chi connectivity index (χ3v) is 9.45. The number of fused-ring (bicyclic) bond motifs is 1. The third kappa shape index (κ3) is 5.27. The Kier molecular flexibility index (Phi) is 7.73. The number of carbonyl (C=O) groups excluding carboxylic acids is 1. The lowest BCUT2D eigenvalue weighted by molar-refractivity contribution is -0.126. The van der Waals surface area contributed by atoms with Crippen LogP contribution in [0.4, 0.5) is 19.0 Å². The van der Waals surface area contributed by atoms with Crippen molar-refractivity contribution >= 4 is 32.9 Å². The molecule has 3 heterocycles. The van der Waals surface area contributed by atoms with E-state index in [1.807, 2.05) is 0 Å². The Morgan fingerprint density at radius 2 is 1.73 bits per heavy atom. The van der Waals surface area contributed by atoms with E-state index in [0.29, 0.717) is 5.56 Å². The molecular formula is C31H28F3N5O5S. The summed E-state index contributed by atoms with van der Waals surface area (Å²) in [4.78, 5) is 37.9. The maximum absolute atomic E-state index is 15.9. The number of nitrogens with zero attached hydrogens (tertiary/aromatic N) is 5. The molecule has 4 aromatic rings. The second-order valence-electron chi connectivity index (χ2n) is 11.0. The maximum Gasteiger partial charge on any atom is 0.355 e. The smallest absolute Gasteiger partial charge is 0.350 e. The molecule has 10 nitrogen and oxygen atoms in total. The van der Waals surface area contributed by atoms with Crippen molar-refractivity contribution in [3.05, 3.63) is 88.6 Å². The fourth-order valence-electron chi connectivity index (χ4n) is 5.82. The Hall–Kier alpha value is -4.56. The quantitative estimate of drug-likeness (QED) is 0.217. The standard InChI is InChI=1S/C31H28F3N5O5S/c1-4-25(40)37-13-14-38(17(2)16-37)29-20-15-23(34)27(26-21(32)8-6-9-22(26)33)35-30(20)39(31(41)36-29)28-19(18-11-12-18)7-5-10-24(28)45(42,43)44-3/h4-10,15,17-18H,1,11-14,16H2,2-3H3/t17-/m0/s1. The highest BCUT2D eigenvalue weighted by Crippen LogP contribution is 2.45. The zero-order valence-corrected chi connectivity index (χ0v) is 25.2. The number of hydrogen-bond donors (Lipinski definition) is 0. The van der Waals surface area contributed by atoms with Gasteiger partial charge in [-0.2, -0.15) is 13.4 Å². The van der Waals surface area contributed by atoms with Gasteiger partial charge in [-0.3, -0.25) is 8.98 Å². The van der Waals surface area contributed by atoms with Gasteiger partial charge in [0, 0.05) is 25.7 Å². The molecule has 0 radical (unpaired) electrons. The summed E-state index contributed by atoms with van der Waals surface area (Å²) in [5.41, 5.74) is -2.25. The van der Waals surface area contributed by atoms with Crippen LogP contribution in [0.3, 0.4) is 0 Å². The molecule has 1 aliphatic heterocycles. The molecule has 45 heavy (non-hydrogen) atoms. The van der Waals surface area contributed by atoms with E-state index in [0.717, 1.165) is 48.8 Å². The van der Waals surface area contributed by atoms with E-state index in [2.05, 4.69) is 16.5 Å². The predicted octanol–water partition coefficient (Wildman–Crippen LogP) is 4.30. The summed E-state index contributed by atoms with van der Waals surface area (Å²) in [7, 11) is -3.41. The average molecular weight is 640 g/mol. The number of anilines is 1. The number of para-hydroxylation sites is 1. The number of piperazine rings is 1. The second-order valence-corrected chi connectivity index (χ2v) is 12.6. The molecule has 0 bridgehead atoms. The fraction of sp³-hybridized carbons (Fsp3) is 0.290. The van der Waals surface area contributed by atoms with Gasteiger partial charge in [-0.1, -0.05) is 24.8 Å². The van der Waals surface area contributed by atoms with Crippen molar-refractivity contribution in [1.82, 2.24) is 19.4 Å². The van der Waals surface area contributed by atoms with Gasteiger partial charge in [0.05, 0.1) is 23.7 Å². The summed E-state index contributed by atoms with van der Waals surface area (Å²) < 4.78 is 77.8. The molecule has 0 unspecified atom stereocenters. The molecular weight excluding hydrogens is 611 g/mol. The van der Waals surface area contributed by atoms with E-state index in [9.17, 15) is 26.8 Å². The summed E-state index contributed by atoms with van der Waals surface area (Å²) in [6.45, 7) is 6.01. The first-order valence-electron chi connectivity index (χ1n) is 14.2. The molecule has 2 aromatic heterocycles. The van der Waals surface area contributed by atoms with Crippen LogP contribution in [0.5, 0.6) is 0 Å². The molecule has 1 saturated carbocycles. The van der Waals surface area contributed by atoms with Crippen molar-refractivity contribution in [2.24, 2.45) is 0 Å². The lowest BCUT2D eigenvalue weighted by atomic mass is 10.1. The van der Waals surface area contributed by atoms with Gasteiger partial charge in [-0.15, -0.1) is 0 Å². The number of aromatic nitrogens is 3. The number of carbonyl (C=O) groups is 1. The predicted molar refractivity (Wildman–Crippen MR) is 160 cm³/mol. The summed E-state index contributed by atoms with van der Waals surface area (Å²) in [6.07, 6.45) is 2.64. The topological polar surface area (TPSA) is 115 Å². The van der Waals surface area contributed by atoms with Crippen molar-refractivity contribution < 1.29 is 30.6 Å². The second kappa shape index (κ2) is 11.4. The Morgan fingerprint density at radius 3 is 2.36 bits per heavy atom. The molecule has 1 saturated heterocycles. The van der Waals surface area contributed by atoms with Crippen molar-refractivity contribution in [2.45, 2.75) is 36.6 Å². The van der Waals surface area contributed by atoms with E-state index in [-0.39, 0.29) is 58.9 Å². The van der Waals surface area contributed by atoms with Crippen molar-refractivity contribution in [2.75, 3.05) is 31.6 Å². The summed E-state index contributed by atoms with van der Waals surface area (Å²) >= 11 is 0. The van der Waals surface area contributed by atoms with Gasteiger partial charge in [-0.25, -0.2) is 27.5 Å². The Balaban J connectivity index is 1.69. The fourth-order valence-corrected chi connectivity index (χ4v) is 6.69. The highest BCUT2D eigenvalue weighted by Gasteiger charge is 2.35. The lowest BCUT2D eigenvalue weighted by Crippen LogP contribution is -2.54. The minimum Gasteiger partial charge on any atom is -0.350 e. The lowest BCUT2D eigenvalue weighted by Gasteiger charge is -2.40. The largest absolute Gasteiger partial charge is 0.355 e. The van der Waals surface area contributed by atoms with Crippen LogP contribution in [0.2, 0.25) is 0 Å². The molecule has 1 aliphatic carbocycles. The number of amides is 1. The van der Waals surface area contributed by atoms with E-state index < -0.39 is 50.6 Å². The van der Waals surface area contributed by atoms with Gasteiger partial charge in [0.1, 0.15) is 28.0 Å². The van der Waals surface area contributed by atoms with Crippen LogP contribution < -0.4 is 10.6 Å². The molecule has 234 valence electrons. The van der Waals surface area contributed by atoms with Gasteiger partial charge in [-0.05, 0) is 61.6 Å². The van der Waals surface area contributed by atoms with Crippen molar-refractivity contribution in [3.8, 4) is 16.9 Å². The minimum absolute atomic E-state index is 0.00527. The molecule has 1 amide bonds. The molecule has 2 aliphatic rings. The Bertz CT molecular complexity index is 2030. The number of hydrogen-bond acceptors (Lipinski definition) is 8. The minimum atomic E-state index is -4.40. The summed E-state index contributed by atoms with van der Waals surface area (Å²) in [6, 6.07) is 8.08. The van der Waals surface area contributed by atoms with Crippen LogP contribution in [0, 0.1) is 17.5 Å². The van der Waals surface area contributed by atoms with E-state index in [4.69, 9.17) is 4.18 Å². The SMILES string of the molecule is C=CC(=O)N1CCN(c2nc(=O)n(-c3c(C4CC4)cccc3S(=O)(=O)OC)c3nc(-c4c(F)cccc4F)c(F)cc23)[C@@H](C)C1. The number of pyridine rings is 1. The zero-order valence-electron chi connectivity index (χ0n) is 24.3. The number of rotatable bonds is 7.